The Balaban J connectivity index is 2.29. The van der Waals surface area contributed by atoms with Crippen molar-refractivity contribution < 1.29 is 0 Å². The Kier molecular flexibility index (Phi) is 1.61. The maximum atomic E-state index is 5.32. The summed E-state index contributed by atoms with van der Waals surface area (Å²) >= 11 is 10.6. The first-order chi connectivity index (χ1) is 3.29. The van der Waals surface area contributed by atoms with Gasteiger partial charge in [0.25, 0.3) is 0 Å². The zero-order valence-corrected chi connectivity index (χ0v) is 5.26. The second-order valence-electron chi connectivity index (χ2n) is 1.59. The molecule has 39 valence electrons. The van der Waals surface area contributed by atoms with Gasteiger partial charge in [0.05, 0.1) is 0 Å². The summed E-state index contributed by atoms with van der Waals surface area (Å²) in [5.41, 5.74) is 0. The number of halogens is 2. The third-order valence-electron chi connectivity index (χ3n) is 0.852. The topological polar surface area (TPSA) is 0 Å². The van der Waals surface area contributed by atoms with Crippen LogP contribution in [0.4, 0.5) is 0 Å². The zero-order chi connectivity index (χ0) is 5.28. The molecule has 1 radical (unpaired) electrons. The van der Waals surface area contributed by atoms with Crippen LogP contribution in [0, 0.1) is 5.92 Å². The average Bonchev–Trinajstić information content (AvgIpc) is 2.17. The molecule has 0 spiro atoms. The molecule has 0 bridgehead atoms. The van der Waals surface area contributed by atoms with E-state index in [-0.39, 0.29) is 0 Å². The summed E-state index contributed by atoms with van der Waals surface area (Å²) in [5.74, 6) is 1.36. The van der Waals surface area contributed by atoms with Gasteiger partial charge in [-0.1, -0.05) is 23.2 Å². The Hall–Kier alpha value is 0.320. The molecular weight excluding hydrogens is 131 g/mol. The maximum absolute atomic E-state index is 5.32. The molecule has 0 atom stereocenters. The van der Waals surface area contributed by atoms with Gasteiger partial charge >= 0.3 is 0 Å². The van der Waals surface area contributed by atoms with Gasteiger partial charge in [0.15, 0.2) is 0 Å². The van der Waals surface area contributed by atoms with E-state index in [1.54, 1.807) is 0 Å². The molecule has 0 heterocycles. The summed E-state index contributed by atoms with van der Waals surface area (Å²) in [6.07, 6.45) is 4.18. The van der Waals surface area contributed by atoms with Gasteiger partial charge in [-0.2, -0.15) is 0 Å². The van der Waals surface area contributed by atoms with Crippen LogP contribution in [-0.4, -0.2) is 0 Å². The summed E-state index contributed by atoms with van der Waals surface area (Å²) < 4.78 is 0.382. The molecule has 0 aliphatic heterocycles. The predicted molar refractivity (Wildman–Crippen MR) is 32.3 cm³/mol. The highest BCUT2D eigenvalue weighted by Crippen LogP contribution is 2.35. The Morgan fingerprint density at radius 1 is 1.43 bits per heavy atom. The van der Waals surface area contributed by atoms with E-state index in [0.29, 0.717) is 4.49 Å². The quantitative estimate of drug-likeness (QED) is 0.519. The third kappa shape index (κ3) is 2.20. The van der Waals surface area contributed by atoms with Gasteiger partial charge in [-0.15, -0.1) is 0 Å². The van der Waals surface area contributed by atoms with Gasteiger partial charge in [-0.05, 0) is 18.9 Å². The molecule has 1 aliphatic rings. The Morgan fingerprint density at radius 2 is 2.00 bits per heavy atom. The fourth-order valence-corrected chi connectivity index (χ4v) is 0.679. The Labute approximate surface area is 53.1 Å². The minimum atomic E-state index is 0.382. The first kappa shape index (κ1) is 5.46. The van der Waals surface area contributed by atoms with Gasteiger partial charge < -0.3 is 0 Å². The number of allylic oxidation sites excluding steroid dienone is 1. The van der Waals surface area contributed by atoms with Gasteiger partial charge in [0.2, 0.25) is 0 Å². The second kappa shape index (κ2) is 2.06. The summed E-state index contributed by atoms with van der Waals surface area (Å²) in [7, 11) is 0. The molecule has 0 aromatic rings. The predicted octanol–water partition coefficient (Wildman–Crippen LogP) is 2.67. The summed E-state index contributed by atoms with van der Waals surface area (Å²) in [5, 5.41) is 0. The van der Waals surface area contributed by atoms with E-state index in [2.05, 4.69) is 0 Å². The van der Waals surface area contributed by atoms with Crippen LogP contribution >= 0.6 is 23.2 Å². The van der Waals surface area contributed by atoms with Crippen LogP contribution < -0.4 is 0 Å². The minimum Gasteiger partial charge on any atom is -0.0712 e. The SMILES string of the molecule is ClC(Cl)=C[C]1CC1. The van der Waals surface area contributed by atoms with E-state index in [1.165, 1.54) is 18.8 Å². The molecular formula is C5H5Cl2. The standard InChI is InChI=1S/C5H5Cl2/c6-5(7)3-4-1-2-4/h3H,1-2H2. The Morgan fingerprint density at radius 3 is 2.14 bits per heavy atom. The molecule has 0 unspecified atom stereocenters. The highest BCUT2D eigenvalue weighted by Gasteiger charge is 2.19. The van der Waals surface area contributed by atoms with Gasteiger partial charge in [0, 0.05) is 5.92 Å². The molecule has 0 amide bonds. The van der Waals surface area contributed by atoms with Crippen LogP contribution in [0.3, 0.4) is 0 Å². The van der Waals surface area contributed by atoms with Crippen molar-refractivity contribution in [1.82, 2.24) is 0 Å². The molecule has 1 aliphatic carbocycles. The summed E-state index contributed by atoms with van der Waals surface area (Å²) in [6.45, 7) is 0. The summed E-state index contributed by atoms with van der Waals surface area (Å²) in [4.78, 5) is 0. The second-order valence-corrected chi connectivity index (χ2v) is 2.60. The normalized spacial score (nSPS) is 19.1. The van der Waals surface area contributed by atoms with Crippen LogP contribution in [0.5, 0.6) is 0 Å². The molecule has 7 heavy (non-hydrogen) atoms. The third-order valence-corrected chi connectivity index (χ3v) is 1.07. The van der Waals surface area contributed by atoms with E-state index < -0.39 is 0 Å². The van der Waals surface area contributed by atoms with Crippen molar-refractivity contribution >= 4 is 23.2 Å². The smallest absolute Gasteiger partial charge is 0.0712 e. The van der Waals surface area contributed by atoms with Crippen molar-refractivity contribution in [1.29, 1.82) is 0 Å². The van der Waals surface area contributed by atoms with Gasteiger partial charge in [0.1, 0.15) is 4.49 Å². The average molecular weight is 136 g/mol. The van der Waals surface area contributed by atoms with E-state index in [1.807, 2.05) is 6.08 Å². The van der Waals surface area contributed by atoms with Crippen molar-refractivity contribution in [2.24, 2.45) is 0 Å². The van der Waals surface area contributed by atoms with Crippen LogP contribution in [0.15, 0.2) is 10.6 Å². The highest BCUT2D eigenvalue weighted by atomic mass is 35.5. The van der Waals surface area contributed by atoms with Crippen molar-refractivity contribution in [2.75, 3.05) is 0 Å². The first-order valence-corrected chi connectivity index (χ1v) is 2.92. The molecule has 0 aromatic heterocycles. The molecule has 1 fully saturated rings. The molecule has 0 saturated heterocycles. The van der Waals surface area contributed by atoms with Crippen LogP contribution in [0.1, 0.15) is 12.8 Å². The Bertz CT molecular complexity index is 88.3. The highest BCUT2D eigenvalue weighted by molar-refractivity contribution is 6.56. The number of rotatable bonds is 1. The molecule has 0 N–H and O–H groups in total. The van der Waals surface area contributed by atoms with Crippen molar-refractivity contribution in [3.8, 4) is 0 Å². The molecule has 1 rings (SSSR count). The monoisotopic (exact) mass is 135 g/mol. The fraction of sp³-hybridized carbons (Fsp3) is 0.400. The van der Waals surface area contributed by atoms with Gasteiger partial charge in [-0.3, -0.25) is 0 Å². The lowest BCUT2D eigenvalue weighted by molar-refractivity contribution is 1.50. The number of hydrogen-bond acceptors (Lipinski definition) is 0. The van der Waals surface area contributed by atoms with Crippen LogP contribution in [0.2, 0.25) is 0 Å². The maximum Gasteiger partial charge on any atom is 0.103 e. The van der Waals surface area contributed by atoms with E-state index in [4.69, 9.17) is 23.2 Å². The van der Waals surface area contributed by atoms with Crippen LogP contribution in [0.25, 0.3) is 0 Å². The summed E-state index contributed by atoms with van der Waals surface area (Å²) in [6, 6.07) is 0. The van der Waals surface area contributed by atoms with Crippen molar-refractivity contribution in [2.45, 2.75) is 12.8 Å². The largest absolute Gasteiger partial charge is 0.103 e. The molecule has 2 heteroatoms. The lowest BCUT2D eigenvalue weighted by Crippen LogP contribution is -1.56. The van der Waals surface area contributed by atoms with Crippen molar-refractivity contribution in [3.63, 3.8) is 0 Å². The van der Waals surface area contributed by atoms with E-state index >= 15 is 0 Å². The number of hydrogen-bond donors (Lipinski definition) is 0. The minimum absolute atomic E-state index is 0.382. The van der Waals surface area contributed by atoms with E-state index in [0.717, 1.165) is 0 Å². The first-order valence-electron chi connectivity index (χ1n) is 2.16. The molecule has 0 aromatic carbocycles. The lowest BCUT2D eigenvalue weighted by Gasteiger charge is -1.76. The van der Waals surface area contributed by atoms with Crippen LogP contribution in [-0.2, 0) is 0 Å². The zero-order valence-electron chi connectivity index (χ0n) is 3.75. The van der Waals surface area contributed by atoms with Gasteiger partial charge in [-0.25, -0.2) is 0 Å². The lowest BCUT2D eigenvalue weighted by atomic mass is 10.4. The van der Waals surface area contributed by atoms with Crippen molar-refractivity contribution in [3.05, 3.63) is 16.5 Å². The fourth-order valence-electron chi connectivity index (χ4n) is 0.371. The van der Waals surface area contributed by atoms with E-state index in [9.17, 15) is 0 Å². The molecule has 1 saturated carbocycles. The molecule has 0 nitrogen and oxygen atoms in total.